The first-order valence-electron chi connectivity index (χ1n) is 6.40. The van der Waals surface area contributed by atoms with Crippen molar-refractivity contribution in [2.24, 2.45) is 0 Å². The van der Waals surface area contributed by atoms with Crippen LogP contribution in [0.15, 0.2) is 34.5 Å². The number of aryl methyl sites for hydroxylation is 1. The Morgan fingerprint density at radius 3 is 2.85 bits per heavy atom. The van der Waals surface area contributed by atoms with Crippen LogP contribution in [-0.2, 0) is 16.4 Å². The number of nitrogens with zero attached hydrogens (tertiary/aromatic N) is 3. The van der Waals surface area contributed by atoms with Gasteiger partial charge in [-0.1, -0.05) is 5.16 Å². The van der Waals surface area contributed by atoms with E-state index in [1.807, 2.05) is 13.8 Å². The summed E-state index contributed by atoms with van der Waals surface area (Å²) in [6, 6.07) is 0.181. The summed E-state index contributed by atoms with van der Waals surface area (Å²) in [5.74, 6) is 0. The van der Waals surface area contributed by atoms with Crippen molar-refractivity contribution in [2.75, 3.05) is 6.54 Å². The molecule has 0 aromatic carbocycles. The third-order valence-electron chi connectivity index (χ3n) is 2.87. The Morgan fingerprint density at radius 2 is 2.25 bits per heavy atom. The molecule has 0 aliphatic carbocycles. The lowest BCUT2D eigenvalue weighted by atomic mass is 10.2. The number of hydrogen-bond acceptors (Lipinski definition) is 5. The van der Waals surface area contributed by atoms with E-state index >= 15 is 0 Å². The molecule has 0 aliphatic heterocycles. The van der Waals surface area contributed by atoms with Crippen LogP contribution in [0.5, 0.6) is 0 Å². The molecule has 0 bridgehead atoms. The summed E-state index contributed by atoms with van der Waals surface area (Å²) < 4.78 is 33.0. The molecule has 0 spiro atoms. The van der Waals surface area contributed by atoms with Crippen molar-refractivity contribution in [2.45, 2.75) is 37.8 Å². The number of aromatic nitrogens is 3. The molecular formula is C12H18N4O3S. The highest BCUT2D eigenvalue weighted by atomic mass is 32.2. The molecule has 110 valence electrons. The number of sulfonamides is 1. The van der Waals surface area contributed by atoms with Gasteiger partial charge in [-0.3, -0.25) is 0 Å². The zero-order valence-corrected chi connectivity index (χ0v) is 12.3. The summed E-state index contributed by atoms with van der Waals surface area (Å²) >= 11 is 0. The van der Waals surface area contributed by atoms with E-state index in [0.717, 1.165) is 5.56 Å². The molecule has 0 radical (unpaired) electrons. The normalized spacial score (nSPS) is 12.2. The summed E-state index contributed by atoms with van der Waals surface area (Å²) in [7, 11) is -3.54. The summed E-state index contributed by atoms with van der Waals surface area (Å²) in [6.45, 7) is 4.27. The molecule has 0 amide bonds. The van der Waals surface area contributed by atoms with Gasteiger partial charge in [0.25, 0.3) is 10.0 Å². The highest BCUT2D eigenvalue weighted by Crippen LogP contribution is 2.10. The van der Waals surface area contributed by atoms with Crippen molar-refractivity contribution in [3.05, 3.63) is 30.5 Å². The lowest BCUT2D eigenvalue weighted by molar-refractivity contribution is 0.418. The van der Waals surface area contributed by atoms with Crippen LogP contribution in [0.25, 0.3) is 0 Å². The Morgan fingerprint density at radius 1 is 1.45 bits per heavy atom. The third-order valence-corrected chi connectivity index (χ3v) is 4.21. The topological polar surface area (TPSA) is 90.0 Å². The van der Waals surface area contributed by atoms with Gasteiger partial charge in [-0.15, -0.1) is 0 Å². The van der Waals surface area contributed by atoms with E-state index in [1.165, 1.54) is 12.5 Å². The second-order valence-corrected chi connectivity index (χ2v) is 6.50. The van der Waals surface area contributed by atoms with Gasteiger partial charge in [0.1, 0.15) is 6.26 Å². The van der Waals surface area contributed by atoms with Crippen LogP contribution >= 0.6 is 0 Å². The van der Waals surface area contributed by atoms with Gasteiger partial charge in [0.2, 0.25) is 0 Å². The molecule has 0 fully saturated rings. The van der Waals surface area contributed by atoms with E-state index in [-0.39, 0.29) is 11.1 Å². The molecule has 2 aromatic rings. The first-order chi connectivity index (χ1) is 9.49. The molecule has 2 rings (SSSR count). The van der Waals surface area contributed by atoms with E-state index in [1.54, 1.807) is 17.0 Å². The third kappa shape index (κ3) is 3.67. The Labute approximate surface area is 118 Å². The molecule has 8 heteroatoms. The summed E-state index contributed by atoms with van der Waals surface area (Å²) in [4.78, 5) is 3.93. The van der Waals surface area contributed by atoms with Crippen molar-refractivity contribution in [1.82, 2.24) is 19.4 Å². The van der Waals surface area contributed by atoms with Crippen LogP contribution in [0.4, 0.5) is 0 Å². The molecule has 0 saturated heterocycles. The van der Waals surface area contributed by atoms with E-state index in [4.69, 9.17) is 4.52 Å². The quantitative estimate of drug-likeness (QED) is 0.780. The number of nitrogens with one attached hydrogen (secondary N) is 1. The molecule has 0 atom stereocenters. The predicted octanol–water partition coefficient (Wildman–Crippen LogP) is 1.36. The Hall–Kier alpha value is -1.67. The lowest BCUT2D eigenvalue weighted by Gasteiger charge is -2.05. The molecule has 7 nitrogen and oxygen atoms in total. The van der Waals surface area contributed by atoms with Gasteiger partial charge in [-0.2, -0.15) is 0 Å². The van der Waals surface area contributed by atoms with Gasteiger partial charge in [-0.05, 0) is 26.7 Å². The summed E-state index contributed by atoms with van der Waals surface area (Å²) in [5, 5.41) is 3.64. The highest BCUT2D eigenvalue weighted by Gasteiger charge is 2.17. The van der Waals surface area contributed by atoms with E-state index in [0.29, 0.717) is 19.4 Å². The fourth-order valence-corrected chi connectivity index (χ4v) is 2.67. The zero-order valence-electron chi connectivity index (χ0n) is 11.5. The standard InChI is InChI=1S/C12H18N4O3S/c1-10(2)16-7-12(13-9-16)20(17,18)15-5-3-4-11-6-14-19-8-11/h6-10,15H,3-5H2,1-2H3. The summed E-state index contributed by atoms with van der Waals surface area (Å²) in [5.41, 5.74) is 0.952. The molecule has 0 saturated carbocycles. The maximum atomic E-state index is 12.0. The fraction of sp³-hybridized carbons (Fsp3) is 0.500. The first kappa shape index (κ1) is 14.7. The van der Waals surface area contributed by atoms with Gasteiger partial charge in [0, 0.05) is 24.3 Å². The van der Waals surface area contributed by atoms with Gasteiger partial charge in [-0.25, -0.2) is 18.1 Å². The first-order valence-corrected chi connectivity index (χ1v) is 7.89. The molecule has 0 aliphatic rings. The lowest BCUT2D eigenvalue weighted by Crippen LogP contribution is -2.25. The van der Waals surface area contributed by atoms with E-state index < -0.39 is 10.0 Å². The second kappa shape index (κ2) is 6.19. The average molecular weight is 298 g/mol. The largest absolute Gasteiger partial charge is 0.364 e. The van der Waals surface area contributed by atoms with Crippen LogP contribution in [0.2, 0.25) is 0 Å². The van der Waals surface area contributed by atoms with Crippen molar-refractivity contribution < 1.29 is 12.9 Å². The number of imidazole rings is 1. The van der Waals surface area contributed by atoms with E-state index in [2.05, 4.69) is 14.9 Å². The van der Waals surface area contributed by atoms with Crippen molar-refractivity contribution in [1.29, 1.82) is 0 Å². The minimum absolute atomic E-state index is 0.0520. The van der Waals surface area contributed by atoms with Crippen LogP contribution < -0.4 is 4.72 Å². The van der Waals surface area contributed by atoms with Gasteiger partial charge < -0.3 is 9.09 Å². The van der Waals surface area contributed by atoms with Gasteiger partial charge >= 0.3 is 0 Å². The second-order valence-electron chi connectivity index (χ2n) is 4.79. The number of rotatable bonds is 7. The van der Waals surface area contributed by atoms with Crippen molar-refractivity contribution in [3.8, 4) is 0 Å². The maximum Gasteiger partial charge on any atom is 0.259 e. The zero-order chi connectivity index (χ0) is 14.6. The minimum atomic E-state index is -3.54. The molecular weight excluding hydrogens is 280 g/mol. The molecule has 0 unspecified atom stereocenters. The number of hydrogen-bond donors (Lipinski definition) is 1. The SMILES string of the molecule is CC(C)n1cnc(S(=O)(=O)NCCCc2cnoc2)c1. The molecule has 2 aromatic heterocycles. The van der Waals surface area contributed by atoms with Crippen LogP contribution in [-0.4, -0.2) is 29.7 Å². The molecule has 1 N–H and O–H groups in total. The molecule has 2 heterocycles. The minimum Gasteiger partial charge on any atom is -0.364 e. The van der Waals surface area contributed by atoms with E-state index in [9.17, 15) is 8.42 Å². The maximum absolute atomic E-state index is 12.0. The van der Waals surface area contributed by atoms with Crippen molar-refractivity contribution >= 4 is 10.0 Å². The monoisotopic (exact) mass is 298 g/mol. The van der Waals surface area contributed by atoms with Crippen LogP contribution in [0.3, 0.4) is 0 Å². The Kier molecular flexibility index (Phi) is 4.56. The average Bonchev–Trinajstić information content (AvgIpc) is 3.05. The summed E-state index contributed by atoms with van der Waals surface area (Å²) in [6.07, 6.45) is 7.62. The van der Waals surface area contributed by atoms with Gasteiger partial charge in [0.05, 0.1) is 12.5 Å². The fourth-order valence-electron chi connectivity index (χ4n) is 1.66. The molecule has 20 heavy (non-hydrogen) atoms. The smallest absolute Gasteiger partial charge is 0.259 e. The predicted molar refractivity (Wildman–Crippen MR) is 72.6 cm³/mol. The van der Waals surface area contributed by atoms with Crippen LogP contribution in [0, 0.1) is 0 Å². The van der Waals surface area contributed by atoms with Crippen molar-refractivity contribution in [3.63, 3.8) is 0 Å². The Bertz CT molecular complexity index is 631. The van der Waals surface area contributed by atoms with Gasteiger partial charge in [0.15, 0.2) is 5.03 Å². The highest BCUT2D eigenvalue weighted by molar-refractivity contribution is 7.89. The van der Waals surface area contributed by atoms with Crippen LogP contribution in [0.1, 0.15) is 31.9 Å². The Balaban J connectivity index is 1.87.